The number of morpholine rings is 1. The number of nitrogens with one attached hydrogen (secondary N) is 2. The van der Waals surface area contributed by atoms with Gasteiger partial charge in [0.15, 0.2) is 5.82 Å². The van der Waals surface area contributed by atoms with Gasteiger partial charge in [0.2, 0.25) is 0 Å². The van der Waals surface area contributed by atoms with E-state index in [4.69, 9.17) is 16.3 Å². The molecule has 0 atom stereocenters. The summed E-state index contributed by atoms with van der Waals surface area (Å²) in [6.07, 6.45) is 0. The molecule has 0 saturated carbocycles. The number of fused-ring (bicyclic) bond motifs is 1. The van der Waals surface area contributed by atoms with Gasteiger partial charge in [-0.25, -0.2) is 4.98 Å². The van der Waals surface area contributed by atoms with Crippen LogP contribution in [0, 0.1) is 0 Å². The van der Waals surface area contributed by atoms with Crippen molar-refractivity contribution in [3.63, 3.8) is 0 Å². The minimum absolute atomic E-state index is 0.107. The Hall–Kier alpha value is -1.43. The second kappa shape index (κ2) is 5.28. The number of benzene rings is 1. The van der Waals surface area contributed by atoms with Crippen molar-refractivity contribution >= 4 is 22.5 Å². The predicted octanol–water partition coefficient (Wildman–Crippen LogP) is -0.00840. The van der Waals surface area contributed by atoms with Gasteiger partial charge in [-0.1, -0.05) is 11.6 Å². The number of ether oxygens (including phenoxy) is 1. The third-order valence-corrected chi connectivity index (χ3v) is 3.57. The number of quaternary nitrogens is 1. The number of halogens is 1. The fourth-order valence-electron chi connectivity index (χ4n) is 2.32. The Morgan fingerprint density at radius 2 is 2.16 bits per heavy atom. The fourth-order valence-corrected chi connectivity index (χ4v) is 2.48. The van der Waals surface area contributed by atoms with Crippen molar-refractivity contribution in [1.29, 1.82) is 0 Å². The first kappa shape index (κ1) is 12.6. The lowest BCUT2D eigenvalue weighted by Crippen LogP contribution is -3.12. The molecule has 2 N–H and O–H groups in total. The lowest BCUT2D eigenvalue weighted by molar-refractivity contribution is -0.922. The second-order valence-electron chi connectivity index (χ2n) is 4.71. The molecule has 0 bridgehead atoms. The van der Waals surface area contributed by atoms with E-state index in [1.54, 1.807) is 18.2 Å². The molecule has 6 heteroatoms. The van der Waals surface area contributed by atoms with Crippen LogP contribution in [-0.4, -0.2) is 36.3 Å². The summed E-state index contributed by atoms with van der Waals surface area (Å²) in [6.45, 7) is 4.12. The van der Waals surface area contributed by atoms with Crippen LogP contribution in [0.25, 0.3) is 10.9 Å². The molecule has 2 aromatic rings. The number of rotatable bonds is 2. The largest absolute Gasteiger partial charge is 0.370 e. The Balaban J connectivity index is 1.93. The quantitative estimate of drug-likeness (QED) is 0.814. The third-order valence-electron chi connectivity index (χ3n) is 3.33. The van der Waals surface area contributed by atoms with Gasteiger partial charge in [0.1, 0.15) is 19.6 Å². The highest BCUT2D eigenvalue weighted by atomic mass is 35.5. The van der Waals surface area contributed by atoms with Crippen molar-refractivity contribution < 1.29 is 9.64 Å². The maximum atomic E-state index is 12.0. The molecular formula is C13H15ClN3O2+. The molecule has 1 fully saturated rings. The Kier molecular flexibility index (Phi) is 3.50. The van der Waals surface area contributed by atoms with Crippen molar-refractivity contribution in [2.75, 3.05) is 26.3 Å². The van der Waals surface area contributed by atoms with Gasteiger partial charge < -0.3 is 14.6 Å². The van der Waals surface area contributed by atoms with Crippen LogP contribution in [-0.2, 0) is 11.3 Å². The van der Waals surface area contributed by atoms with Gasteiger partial charge in [-0.2, -0.15) is 0 Å². The Bertz CT molecular complexity index is 650. The van der Waals surface area contributed by atoms with Crippen molar-refractivity contribution in [1.82, 2.24) is 9.97 Å². The topological polar surface area (TPSA) is 59.4 Å². The van der Waals surface area contributed by atoms with Gasteiger partial charge in [-0.3, -0.25) is 4.79 Å². The molecule has 5 nitrogen and oxygen atoms in total. The second-order valence-corrected chi connectivity index (χ2v) is 5.15. The molecule has 0 aliphatic carbocycles. The summed E-state index contributed by atoms with van der Waals surface area (Å²) in [6, 6.07) is 5.13. The number of hydrogen-bond acceptors (Lipinski definition) is 3. The first-order valence-corrected chi connectivity index (χ1v) is 6.70. The summed E-state index contributed by atoms with van der Waals surface area (Å²) in [5, 5.41) is 1.17. The Morgan fingerprint density at radius 3 is 2.95 bits per heavy atom. The zero-order chi connectivity index (χ0) is 13.2. The summed E-state index contributed by atoms with van der Waals surface area (Å²) in [5.74, 6) is 0.705. The van der Waals surface area contributed by atoms with Gasteiger partial charge in [0, 0.05) is 5.02 Å². The van der Waals surface area contributed by atoms with Crippen LogP contribution in [0.5, 0.6) is 0 Å². The average molecular weight is 281 g/mol. The fraction of sp³-hybridized carbons (Fsp3) is 0.385. The lowest BCUT2D eigenvalue weighted by Gasteiger charge is -2.23. The molecule has 1 aliphatic heterocycles. The molecule has 0 unspecified atom stereocenters. The molecular weight excluding hydrogens is 266 g/mol. The Morgan fingerprint density at radius 1 is 1.37 bits per heavy atom. The van der Waals surface area contributed by atoms with Gasteiger partial charge in [0.25, 0.3) is 5.56 Å². The molecule has 19 heavy (non-hydrogen) atoms. The smallest absolute Gasteiger partial charge is 0.258 e. The van der Waals surface area contributed by atoms with Crippen LogP contribution in [0.1, 0.15) is 5.82 Å². The average Bonchev–Trinajstić information content (AvgIpc) is 2.39. The van der Waals surface area contributed by atoms with E-state index in [2.05, 4.69) is 9.97 Å². The predicted molar refractivity (Wildman–Crippen MR) is 72.6 cm³/mol. The van der Waals surface area contributed by atoms with Gasteiger partial charge >= 0.3 is 0 Å². The van der Waals surface area contributed by atoms with Crippen LogP contribution in [0.2, 0.25) is 5.02 Å². The van der Waals surface area contributed by atoms with Crippen molar-refractivity contribution in [3.05, 3.63) is 39.4 Å². The summed E-state index contributed by atoms with van der Waals surface area (Å²) in [4.78, 5) is 20.7. The summed E-state index contributed by atoms with van der Waals surface area (Å²) < 4.78 is 5.32. The summed E-state index contributed by atoms with van der Waals surface area (Å²) >= 11 is 5.94. The summed E-state index contributed by atoms with van der Waals surface area (Å²) in [7, 11) is 0. The minimum Gasteiger partial charge on any atom is -0.370 e. The van der Waals surface area contributed by atoms with Gasteiger partial charge in [0.05, 0.1) is 24.1 Å². The van der Waals surface area contributed by atoms with Gasteiger partial charge in [-0.15, -0.1) is 0 Å². The molecule has 100 valence electrons. The maximum Gasteiger partial charge on any atom is 0.258 e. The molecule has 1 saturated heterocycles. The molecule has 0 spiro atoms. The van der Waals surface area contributed by atoms with E-state index in [1.165, 1.54) is 4.90 Å². The number of aromatic amines is 1. The molecule has 1 aliphatic rings. The first-order valence-electron chi connectivity index (χ1n) is 6.32. The van der Waals surface area contributed by atoms with Crippen LogP contribution in [0.4, 0.5) is 0 Å². The molecule has 0 amide bonds. The van der Waals surface area contributed by atoms with Gasteiger partial charge in [-0.05, 0) is 18.2 Å². The van der Waals surface area contributed by atoms with E-state index in [0.29, 0.717) is 28.3 Å². The number of H-pyrrole nitrogens is 1. The van der Waals surface area contributed by atoms with Crippen molar-refractivity contribution in [3.8, 4) is 0 Å². The summed E-state index contributed by atoms with van der Waals surface area (Å²) in [5.41, 5.74) is 0.545. The van der Waals surface area contributed by atoms with E-state index in [1.807, 2.05) is 0 Å². The lowest BCUT2D eigenvalue weighted by atomic mass is 10.2. The minimum atomic E-state index is -0.107. The molecule has 3 rings (SSSR count). The first-order chi connectivity index (χ1) is 9.22. The Labute approximate surface area is 115 Å². The van der Waals surface area contributed by atoms with E-state index in [0.717, 1.165) is 26.3 Å². The van der Waals surface area contributed by atoms with E-state index >= 15 is 0 Å². The van der Waals surface area contributed by atoms with E-state index in [9.17, 15) is 4.79 Å². The van der Waals surface area contributed by atoms with Crippen molar-refractivity contribution in [2.24, 2.45) is 0 Å². The standard InChI is InChI=1S/C13H14ClN3O2/c14-9-1-2-10-11(7-9)15-12(16-13(10)18)8-17-3-5-19-6-4-17/h1-2,7H,3-6,8H2,(H,15,16,18)/p+1. The normalized spacial score (nSPS) is 16.9. The number of aromatic nitrogens is 2. The van der Waals surface area contributed by atoms with E-state index in [-0.39, 0.29) is 5.56 Å². The van der Waals surface area contributed by atoms with E-state index < -0.39 is 0 Å². The highest BCUT2D eigenvalue weighted by Gasteiger charge is 2.16. The highest BCUT2D eigenvalue weighted by molar-refractivity contribution is 6.31. The zero-order valence-corrected chi connectivity index (χ0v) is 11.2. The van der Waals surface area contributed by atoms with Crippen LogP contribution >= 0.6 is 11.6 Å². The SMILES string of the molecule is O=c1[nH]c(C[NH+]2CCOCC2)nc2cc(Cl)ccc12. The van der Waals surface area contributed by atoms with Crippen LogP contribution in [0.3, 0.4) is 0 Å². The highest BCUT2D eigenvalue weighted by Crippen LogP contribution is 2.14. The van der Waals surface area contributed by atoms with Crippen molar-refractivity contribution in [2.45, 2.75) is 6.54 Å². The third kappa shape index (κ3) is 2.78. The number of nitrogens with zero attached hydrogens (tertiary/aromatic N) is 1. The monoisotopic (exact) mass is 280 g/mol. The molecule has 1 aromatic heterocycles. The van der Waals surface area contributed by atoms with Crippen LogP contribution < -0.4 is 10.5 Å². The number of hydrogen-bond donors (Lipinski definition) is 2. The molecule has 2 heterocycles. The molecule has 1 aromatic carbocycles. The maximum absolute atomic E-state index is 12.0. The zero-order valence-electron chi connectivity index (χ0n) is 10.4. The molecule has 0 radical (unpaired) electrons. The van der Waals surface area contributed by atoms with Crippen LogP contribution in [0.15, 0.2) is 23.0 Å².